The molecule has 2 rings (SSSR count). The number of hydrogen-bond donors (Lipinski definition) is 1. The first kappa shape index (κ1) is 15.2. The van der Waals surface area contributed by atoms with Gasteiger partial charge in [-0.1, -0.05) is 23.7 Å². The number of hydrogen-bond acceptors (Lipinski definition) is 3. The Hall–Kier alpha value is -0.220. The summed E-state index contributed by atoms with van der Waals surface area (Å²) in [7, 11) is 2.22. The predicted octanol–water partition coefficient (Wildman–Crippen LogP) is 3.04. The highest BCUT2D eigenvalue weighted by atomic mass is 35.5. The van der Waals surface area contributed by atoms with Gasteiger partial charge in [0, 0.05) is 28.9 Å². The Balaban J connectivity index is 2.10. The molecule has 1 aromatic rings. The Morgan fingerprint density at radius 1 is 1.42 bits per heavy atom. The van der Waals surface area contributed by atoms with Crippen molar-refractivity contribution in [2.45, 2.75) is 31.3 Å². The fraction of sp³-hybridized carbons (Fsp3) is 0.600. The highest BCUT2D eigenvalue weighted by Gasteiger charge is 2.34. The van der Waals surface area contributed by atoms with Crippen LogP contribution < -0.4 is 5.73 Å². The lowest BCUT2D eigenvalue weighted by Crippen LogP contribution is -2.55. The van der Waals surface area contributed by atoms with Gasteiger partial charge in [0.1, 0.15) is 0 Å². The second-order valence-corrected chi connectivity index (χ2v) is 7.22. The first-order valence-electron chi connectivity index (χ1n) is 6.80. The Labute approximate surface area is 125 Å². The van der Waals surface area contributed by atoms with Crippen LogP contribution in [0, 0.1) is 0 Å². The Morgan fingerprint density at radius 3 is 2.63 bits per heavy atom. The van der Waals surface area contributed by atoms with Crippen LogP contribution in [0.15, 0.2) is 24.3 Å². The van der Waals surface area contributed by atoms with Gasteiger partial charge in [-0.3, -0.25) is 4.90 Å². The van der Waals surface area contributed by atoms with Gasteiger partial charge in [-0.15, -0.1) is 0 Å². The molecule has 2 nitrogen and oxygen atoms in total. The third-order valence-electron chi connectivity index (χ3n) is 4.24. The van der Waals surface area contributed by atoms with Crippen molar-refractivity contribution in [1.29, 1.82) is 0 Å². The summed E-state index contributed by atoms with van der Waals surface area (Å²) in [6.45, 7) is 2.94. The summed E-state index contributed by atoms with van der Waals surface area (Å²) in [5, 5.41) is 0.791. The van der Waals surface area contributed by atoms with Gasteiger partial charge in [-0.05, 0) is 50.3 Å². The van der Waals surface area contributed by atoms with E-state index in [4.69, 9.17) is 17.3 Å². The zero-order valence-corrected chi connectivity index (χ0v) is 13.3. The molecule has 19 heavy (non-hydrogen) atoms. The highest BCUT2D eigenvalue weighted by molar-refractivity contribution is 7.99. The molecule has 1 aliphatic rings. The van der Waals surface area contributed by atoms with Crippen LogP contribution >= 0.6 is 23.4 Å². The number of nitrogens with two attached hydrogens (primary N) is 1. The Morgan fingerprint density at radius 2 is 2.11 bits per heavy atom. The van der Waals surface area contributed by atoms with Gasteiger partial charge in [-0.25, -0.2) is 0 Å². The summed E-state index contributed by atoms with van der Waals surface area (Å²) in [5.74, 6) is 2.50. The van der Waals surface area contributed by atoms with E-state index in [0.717, 1.165) is 11.4 Å². The van der Waals surface area contributed by atoms with E-state index in [1.807, 2.05) is 23.9 Å². The minimum Gasteiger partial charge on any atom is -0.329 e. The molecule has 0 aliphatic carbocycles. The lowest BCUT2D eigenvalue weighted by atomic mass is 9.90. The van der Waals surface area contributed by atoms with Crippen LogP contribution in [0.2, 0.25) is 5.02 Å². The summed E-state index contributed by atoms with van der Waals surface area (Å²) in [4.78, 5) is 2.49. The summed E-state index contributed by atoms with van der Waals surface area (Å²) in [6, 6.07) is 8.78. The molecule has 4 heteroatoms. The van der Waals surface area contributed by atoms with Gasteiger partial charge in [0.2, 0.25) is 0 Å². The largest absolute Gasteiger partial charge is 0.329 e. The van der Waals surface area contributed by atoms with Crippen molar-refractivity contribution in [2.24, 2.45) is 5.73 Å². The average molecular weight is 299 g/mol. The molecule has 2 unspecified atom stereocenters. The number of likely N-dealkylation sites (N-methyl/N-ethyl adjacent to an activating group) is 1. The van der Waals surface area contributed by atoms with E-state index in [1.165, 1.54) is 23.5 Å². The molecule has 0 spiro atoms. The zero-order chi connectivity index (χ0) is 13.9. The van der Waals surface area contributed by atoms with E-state index in [1.54, 1.807) is 0 Å². The van der Waals surface area contributed by atoms with Crippen LogP contribution in [-0.4, -0.2) is 41.6 Å². The fourth-order valence-corrected chi connectivity index (χ4v) is 4.04. The van der Waals surface area contributed by atoms with Crippen LogP contribution in [0.5, 0.6) is 0 Å². The molecule has 1 aliphatic heterocycles. The molecule has 0 aromatic heterocycles. The van der Waals surface area contributed by atoms with Crippen LogP contribution in [0.4, 0.5) is 0 Å². The maximum absolute atomic E-state index is 6.08. The molecule has 0 saturated carbocycles. The molecule has 2 atom stereocenters. The topological polar surface area (TPSA) is 29.3 Å². The summed E-state index contributed by atoms with van der Waals surface area (Å²) < 4.78 is 0. The number of halogens is 1. The number of rotatable bonds is 5. The molecule has 106 valence electrons. The van der Waals surface area contributed by atoms with Crippen LogP contribution in [0.1, 0.15) is 18.9 Å². The maximum atomic E-state index is 6.08. The number of benzene rings is 1. The molecular weight excluding hydrogens is 276 g/mol. The molecule has 2 N–H and O–H groups in total. The van der Waals surface area contributed by atoms with Gasteiger partial charge in [0.05, 0.1) is 0 Å². The van der Waals surface area contributed by atoms with Crippen LogP contribution in [-0.2, 0) is 6.42 Å². The van der Waals surface area contributed by atoms with E-state index in [9.17, 15) is 0 Å². The highest BCUT2D eigenvalue weighted by Crippen LogP contribution is 2.28. The lowest BCUT2D eigenvalue weighted by Gasteiger charge is -2.42. The standard InChI is InChI=1S/C15H23ClN2S/c1-15(11-17,18(2)14-7-8-19-10-14)9-12-3-5-13(16)6-4-12/h3-6,14H,7-11,17H2,1-2H3. The number of nitrogens with zero attached hydrogens (tertiary/aromatic N) is 1. The van der Waals surface area contributed by atoms with Crippen molar-refractivity contribution < 1.29 is 0 Å². The van der Waals surface area contributed by atoms with Crippen LogP contribution in [0.3, 0.4) is 0 Å². The summed E-state index contributed by atoms with van der Waals surface area (Å²) in [6.07, 6.45) is 2.25. The average Bonchev–Trinajstić information content (AvgIpc) is 2.94. The minimum atomic E-state index is 0.0173. The first-order chi connectivity index (χ1) is 9.05. The van der Waals surface area contributed by atoms with E-state index in [2.05, 4.69) is 31.0 Å². The molecule has 0 amide bonds. The number of thioether (sulfide) groups is 1. The molecule has 1 fully saturated rings. The molecule has 1 aromatic carbocycles. The van der Waals surface area contributed by atoms with E-state index in [0.29, 0.717) is 12.6 Å². The van der Waals surface area contributed by atoms with Gasteiger partial charge in [-0.2, -0.15) is 11.8 Å². The summed E-state index contributed by atoms with van der Waals surface area (Å²) in [5.41, 5.74) is 7.40. The van der Waals surface area contributed by atoms with Crippen molar-refractivity contribution in [3.63, 3.8) is 0 Å². The van der Waals surface area contributed by atoms with Gasteiger partial charge >= 0.3 is 0 Å². The SMILES string of the molecule is CN(C1CCSC1)C(C)(CN)Cc1ccc(Cl)cc1. The molecule has 0 bridgehead atoms. The van der Waals surface area contributed by atoms with Crippen molar-refractivity contribution in [2.75, 3.05) is 25.1 Å². The third kappa shape index (κ3) is 3.66. The van der Waals surface area contributed by atoms with E-state index in [-0.39, 0.29) is 5.54 Å². The van der Waals surface area contributed by atoms with Gasteiger partial charge < -0.3 is 5.73 Å². The minimum absolute atomic E-state index is 0.0173. The monoisotopic (exact) mass is 298 g/mol. The van der Waals surface area contributed by atoms with Crippen molar-refractivity contribution in [1.82, 2.24) is 4.90 Å². The normalized spacial score (nSPS) is 22.7. The fourth-order valence-electron chi connectivity index (χ4n) is 2.65. The smallest absolute Gasteiger partial charge is 0.0406 e. The van der Waals surface area contributed by atoms with E-state index >= 15 is 0 Å². The predicted molar refractivity (Wildman–Crippen MR) is 86.1 cm³/mol. The lowest BCUT2D eigenvalue weighted by molar-refractivity contribution is 0.103. The summed E-state index contributed by atoms with van der Waals surface area (Å²) >= 11 is 7.99. The molecular formula is C15H23ClN2S. The van der Waals surface area contributed by atoms with Crippen molar-refractivity contribution in [3.05, 3.63) is 34.9 Å². The second-order valence-electron chi connectivity index (χ2n) is 5.63. The quantitative estimate of drug-likeness (QED) is 0.906. The van der Waals surface area contributed by atoms with Crippen LogP contribution in [0.25, 0.3) is 0 Å². The van der Waals surface area contributed by atoms with Gasteiger partial charge in [0.15, 0.2) is 0 Å². The molecule has 0 radical (unpaired) electrons. The van der Waals surface area contributed by atoms with Gasteiger partial charge in [0.25, 0.3) is 0 Å². The first-order valence-corrected chi connectivity index (χ1v) is 8.33. The third-order valence-corrected chi connectivity index (χ3v) is 5.64. The Kier molecular flexibility index (Phi) is 5.18. The molecule has 1 saturated heterocycles. The van der Waals surface area contributed by atoms with E-state index < -0.39 is 0 Å². The van der Waals surface area contributed by atoms with Crippen molar-refractivity contribution >= 4 is 23.4 Å². The second kappa shape index (κ2) is 6.49. The zero-order valence-electron chi connectivity index (χ0n) is 11.7. The van der Waals surface area contributed by atoms with Crippen molar-refractivity contribution in [3.8, 4) is 0 Å². The Bertz CT molecular complexity index is 403. The molecule has 1 heterocycles. The maximum Gasteiger partial charge on any atom is 0.0406 e.